The lowest BCUT2D eigenvalue weighted by atomic mass is 10.2. The molecule has 0 radical (unpaired) electrons. The van der Waals surface area contributed by atoms with Gasteiger partial charge in [0, 0.05) is 25.3 Å². The molecule has 0 aliphatic heterocycles. The molecule has 0 aromatic heterocycles. The number of carbonyl (C=O) groups is 1. The van der Waals surface area contributed by atoms with Crippen LogP contribution in [0.5, 0.6) is 5.75 Å². The lowest BCUT2D eigenvalue weighted by molar-refractivity contribution is -0.126. The largest absolute Gasteiger partial charge is 0.497 e. The van der Waals surface area contributed by atoms with Crippen LogP contribution < -0.4 is 15.0 Å². The van der Waals surface area contributed by atoms with Crippen LogP contribution in [0.25, 0.3) is 0 Å². The van der Waals surface area contributed by atoms with E-state index >= 15 is 0 Å². The summed E-state index contributed by atoms with van der Waals surface area (Å²) >= 11 is 0. The van der Waals surface area contributed by atoms with Crippen molar-refractivity contribution in [3.8, 4) is 5.75 Å². The first-order valence-electron chi connectivity index (χ1n) is 8.35. The van der Waals surface area contributed by atoms with Crippen molar-refractivity contribution < 1.29 is 14.3 Å². The molecule has 2 aromatic carbocycles. The van der Waals surface area contributed by atoms with E-state index in [2.05, 4.69) is 29.3 Å². The molecule has 0 unspecified atom stereocenters. The third-order valence-electron chi connectivity index (χ3n) is 4.06. The van der Waals surface area contributed by atoms with E-state index in [1.807, 2.05) is 49.5 Å². The Morgan fingerprint density at radius 2 is 1.92 bits per heavy atom. The summed E-state index contributed by atoms with van der Waals surface area (Å²) < 4.78 is 10.6. The molecule has 1 N–H and O–H groups in total. The van der Waals surface area contributed by atoms with Crippen molar-refractivity contribution in [1.29, 1.82) is 0 Å². The van der Waals surface area contributed by atoms with Gasteiger partial charge in [0.15, 0.2) is 0 Å². The minimum Gasteiger partial charge on any atom is -0.497 e. The number of para-hydroxylation sites is 1. The van der Waals surface area contributed by atoms with Crippen LogP contribution in [0.15, 0.2) is 54.6 Å². The van der Waals surface area contributed by atoms with Gasteiger partial charge in [-0.25, -0.2) is 0 Å². The molecule has 0 saturated heterocycles. The van der Waals surface area contributed by atoms with Gasteiger partial charge in [-0.3, -0.25) is 4.79 Å². The van der Waals surface area contributed by atoms with Crippen molar-refractivity contribution in [3.05, 3.63) is 60.2 Å². The predicted molar refractivity (Wildman–Crippen MR) is 100.0 cm³/mol. The number of hydrogen-bond acceptors (Lipinski definition) is 4. The fourth-order valence-corrected chi connectivity index (χ4v) is 2.39. The maximum Gasteiger partial charge on any atom is 0.246 e. The quantitative estimate of drug-likeness (QED) is 0.761. The van der Waals surface area contributed by atoms with Gasteiger partial charge in [0.05, 0.1) is 13.7 Å². The third-order valence-corrected chi connectivity index (χ3v) is 4.06. The first-order chi connectivity index (χ1) is 12.1. The summed E-state index contributed by atoms with van der Waals surface area (Å²) in [7, 11) is 3.65. The predicted octanol–water partition coefficient (Wildman–Crippen LogP) is 2.85. The summed E-state index contributed by atoms with van der Waals surface area (Å²) in [6, 6.07) is 17.9. The zero-order valence-corrected chi connectivity index (χ0v) is 15.1. The Kier molecular flexibility index (Phi) is 7.29. The van der Waals surface area contributed by atoms with Crippen molar-refractivity contribution in [2.75, 3.05) is 32.2 Å². The van der Waals surface area contributed by atoms with Crippen LogP contribution in [0, 0.1) is 0 Å². The van der Waals surface area contributed by atoms with Gasteiger partial charge in [0.1, 0.15) is 12.4 Å². The molecule has 25 heavy (non-hydrogen) atoms. The number of rotatable bonds is 9. The minimum absolute atomic E-state index is 0.0407. The summed E-state index contributed by atoms with van der Waals surface area (Å²) in [5.74, 6) is 0.666. The topological polar surface area (TPSA) is 50.8 Å². The smallest absolute Gasteiger partial charge is 0.246 e. The van der Waals surface area contributed by atoms with E-state index in [-0.39, 0.29) is 18.6 Å². The molecule has 0 saturated carbocycles. The molecular weight excluding hydrogens is 316 g/mol. The monoisotopic (exact) mass is 342 g/mol. The van der Waals surface area contributed by atoms with Crippen LogP contribution in [-0.4, -0.2) is 39.3 Å². The fraction of sp³-hybridized carbons (Fsp3) is 0.350. The van der Waals surface area contributed by atoms with Crippen LogP contribution in [0.3, 0.4) is 0 Å². The van der Waals surface area contributed by atoms with Crippen molar-refractivity contribution in [2.24, 2.45) is 0 Å². The minimum atomic E-state index is -0.115. The number of hydrogen-bond donors (Lipinski definition) is 1. The third kappa shape index (κ3) is 6.12. The van der Waals surface area contributed by atoms with E-state index < -0.39 is 0 Å². The van der Waals surface area contributed by atoms with E-state index in [0.717, 1.165) is 17.0 Å². The van der Waals surface area contributed by atoms with Gasteiger partial charge in [0.2, 0.25) is 5.91 Å². The Labute approximate surface area is 149 Å². The van der Waals surface area contributed by atoms with Crippen LogP contribution >= 0.6 is 0 Å². The highest BCUT2D eigenvalue weighted by Gasteiger charge is 2.11. The van der Waals surface area contributed by atoms with Gasteiger partial charge in [-0.1, -0.05) is 30.3 Å². The van der Waals surface area contributed by atoms with Crippen molar-refractivity contribution in [2.45, 2.75) is 19.6 Å². The number of likely N-dealkylation sites (N-methyl/N-ethyl adjacent to an activating group) is 1. The van der Waals surface area contributed by atoms with E-state index in [1.54, 1.807) is 7.11 Å². The standard InChI is InChI=1S/C20H26N2O3/c1-16(22(2)18-9-5-4-6-10-18)13-21-20(23)15-25-14-17-8-7-11-19(12-17)24-3/h4-12,16H,13-15H2,1-3H3,(H,21,23)/t16-/m1/s1. The maximum atomic E-state index is 11.9. The number of anilines is 1. The lowest BCUT2D eigenvalue weighted by Crippen LogP contribution is -2.41. The fourth-order valence-electron chi connectivity index (χ4n) is 2.39. The number of benzene rings is 2. The molecule has 0 aliphatic rings. The van der Waals surface area contributed by atoms with Crippen LogP contribution in [0.2, 0.25) is 0 Å². The molecule has 5 nitrogen and oxygen atoms in total. The first kappa shape index (κ1) is 18.8. The zero-order chi connectivity index (χ0) is 18.1. The van der Waals surface area contributed by atoms with Crippen LogP contribution in [0.1, 0.15) is 12.5 Å². The van der Waals surface area contributed by atoms with Crippen molar-refractivity contribution >= 4 is 11.6 Å². The van der Waals surface area contributed by atoms with E-state index in [1.165, 1.54) is 0 Å². The number of ether oxygens (including phenoxy) is 2. The van der Waals surface area contributed by atoms with Gasteiger partial charge in [-0.2, -0.15) is 0 Å². The highest BCUT2D eigenvalue weighted by atomic mass is 16.5. The number of nitrogens with zero attached hydrogens (tertiary/aromatic N) is 1. The number of amides is 1. The molecule has 1 amide bonds. The summed E-state index contributed by atoms with van der Waals surface area (Å²) in [4.78, 5) is 14.1. The zero-order valence-electron chi connectivity index (χ0n) is 15.1. The number of methoxy groups -OCH3 is 1. The second-order valence-corrected chi connectivity index (χ2v) is 5.94. The highest BCUT2D eigenvalue weighted by molar-refractivity contribution is 5.77. The van der Waals surface area contributed by atoms with Gasteiger partial charge < -0.3 is 19.7 Å². The van der Waals surface area contributed by atoms with Gasteiger partial charge in [0.25, 0.3) is 0 Å². The molecular formula is C20H26N2O3. The number of nitrogens with one attached hydrogen (secondary N) is 1. The Balaban J connectivity index is 1.69. The first-order valence-corrected chi connectivity index (χ1v) is 8.35. The van der Waals surface area contributed by atoms with E-state index in [4.69, 9.17) is 9.47 Å². The molecule has 0 fully saturated rings. The average molecular weight is 342 g/mol. The van der Waals surface area contributed by atoms with Crippen molar-refractivity contribution in [3.63, 3.8) is 0 Å². The SMILES string of the molecule is COc1cccc(COCC(=O)NC[C@@H](C)N(C)c2ccccc2)c1. The second kappa shape index (κ2) is 9.69. The molecule has 0 spiro atoms. The molecule has 2 rings (SSSR count). The molecule has 1 atom stereocenters. The maximum absolute atomic E-state index is 11.9. The molecule has 5 heteroatoms. The molecule has 134 valence electrons. The second-order valence-electron chi connectivity index (χ2n) is 5.94. The lowest BCUT2D eigenvalue weighted by Gasteiger charge is -2.27. The van der Waals surface area contributed by atoms with Gasteiger partial charge >= 0.3 is 0 Å². The molecule has 0 aliphatic carbocycles. The molecule has 0 bridgehead atoms. The Morgan fingerprint density at radius 3 is 2.64 bits per heavy atom. The van der Waals surface area contributed by atoms with Gasteiger partial charge in [-0.05, 0) is 36.8 Å². The normalized spacial score (nSPS) is 11.6. The average Bonchev–Trinajstić information content (AvgIpc) is 2.66. The Hall–Kier alpha value is -2.53. The molecule has 0 heterocycles. The summed E-state index contributed by atoms with van der Waals surface area (Å²) in [5, 5.41) is 2.91. The Bertz CT molecular complexity index is 661. The van der Waals surface area contributed by atoms with Crippen LogP contribution in [-0.2, 0) is 16.1 Å². The van der Waals surface area contributed by atoms with Crippen LogP contribution in [0.4, 0.5) is 5.69 Å². The highest BCUT2D eigenvalue weighted by Crippen LogP contribution is 2.14. The summed E-state index contributed by atoms with van der Waals surface area (Å²) in [6.07, 6.45) is 0. The van der Waals surface area contributed by atoms with E-state index in [9.17, 15) is 4.79 Å². The summed E-state index contributed by atoms with van der Waals surface area (Å²) in [6.45, 7) is 3.06. The number of carbonyl (C=O) groups excluding carboxylic acids is 1. The molecule has 2 aromatic rings. The van der Waals surface area contributed by atoms with Crippen molar-refractivity contribution in [1.82, 2.24) is 5.32 Å². The van der Waals surface area contributed by atoms with Gasteiger partial charge in [-0.15, -0.1) is 0 Å². The Morgan fingerprint density at radius 1 is 1.16 bits per heavy atom. The van der Waals surface area contributed by atoms with E-state index in [0.29, 0.717) is 13.2 Å². The summed E-state index contributed by atoms with van der Waals surface area (Å²) in [5.41, 5.74) is 2.10.